The Kier molecular flexibility index (Phi) is 3.92. The fourth-order valence-corrected chi connectivity index (χ4v) is 1.66. The monoisotopic (exact) mass is 195 g/mol. The van der Waals surface area contributed by atoms with Crippen molar-refractivity contribution in [2.24, 2.45) is 0 Å². The standard InChI is InChI=1S/C11H17NO2/c1-8(2)11-9(7-12-13)5-4-6-10(11)14-3/h4-6,8,12-13H,7H2,1-3H3. The van der Waals surface area contributed by atoms with Crippen molar-refractivity contribution in [2.45, 2.75) is 26.3 Å². The Hall–Kier alpha value is -1.06. The molecule has 0 spiro atoms. The molecule has 0 aliphatic rings. The van der Waals surface area contributed by atoms with Gasteiger partial charge < -0.3 is 9.94 Å². The quantitative estimate of drug-likeness (QED) is 0.724. The second-order valence-electron chi connectivity index (χ2n) is 3.52. The maximum atomic E-state index is 8.70. The van der Waals surface area contributed by atoms with Crippen LogP contribution in [0.25, 0.3) is 0 Å². The van der Waals surface area contributed by atoms with E-state index in [2.05, 4.69) is 19.3 Å². The maximum absolute atomic E-state index is 8.70. The number of hydrogen-bond donors (Lipinski definition) is 2. The van der Waals surface area contributed by atoms with Crippen molar-refractivity contribution in [3.63, 3.8) is 0 Å². The molecule has 0 saturated heterocycles. The van der Waals surface area contributed by atoms with Gasteiger partial charge in [-0.05, 0) is 17.5 Å². The summed E-state index contributed by atoms with van der Waals surface area (Å²) in [5, 5.41) is 8.70. The first kappa shape index (κ1) is 11.0. The first-order chi connectivity index (χ1) is 6.70. The maximum Gasteiger partial charge on any atom is 0.122 e. The molecular weight excluding hydrogens is 178 g/mol. The van der Waals surface area contributed by atoms with Gasteiger partial charge in [0.15, 0.2) is 0 Å². The summed E-state index contributed by atoms with van der Waals surface area (Å²) in [7, 11) is 1.66. The van der Waals surface area contributed by atoms with Gasteiger partial charge in [0.1, 0.15) is 5.75 Å². The summed E-state index contributed by atoms with van der Waals surface area (Å²) >= 11 is 0. The molecule has 0 aliphatic heterocycles. The first-order valence-corrected chi connectivity index (χ1v) is 4.73. The molecule has 0 heterocycles. The fraction of sp³-hybridized carbons (Fsp3) is 0.455. The van der Waals surface area contributed by atoms with E-state index < -0.39 is 0 Å². The third-order valence-corrected chi connectivity index (χ3v) is 2.22. The molecule has 3 nitrogen and oxygen atoms in total. The van der Waals surface area contributed by atoms with Crippen molar-refractivity contribution in [3.05, 3.63) is 29.3 Å². The van der Waals surface area contributed by atoms with Crippen molar-refractivity contribution in [2.75, 3.05) is 7.11 Å². The van der Waals surface area contributed by atoms with E-state index in [-0.39, 0.29) is 0 Å². The highest BCUT2D eigenvalue weighted by Gasteiger charge is 2.11. The molecule has 1 rings (SSSR count). The highest BCUT2D eigenvalue weighted by atomic mass is 16.5. The van der Waals surface area contributed by atoms with E-state index in [0.717, 1.165) is 16.9 Å². The molecule has 78 valence electrons. The molecule has 14 heavy (non-hydrogen) atoms. The van der Waals surface area contributed by atoms with Crippen LogP contribution in [-0.2, 0) is 6.54 Å². The number of benzene rings is 1. The number of nitrogens with one attached hydrogen (secondary N) is 1. The largest absolute Gasteiger partial charge is 0.496 e. The predicted molar refractivity (Wildman–Crippen MR) is 55.7 cm³/mol. The summed E-state index contributed by atoms with van der Waals surface area (Å²) in [4.78, 5) is 0. The van der Waals surface area contributed by atoms with Crippen molar-refractivity contribution in [1.29, 1.82) is 0 Å². The van der Waals surface area contributed by atoms with E-state index in [1.54, 1.807) is 7.11 Å². The van der Waals surface area contributed by atoms with Crippen LogP contribution in [0.15, 0.2) is 18.2 Å². The van der Waals surface area contributed by atoms with Crippen LogP contribution in [-0.4, -0.2) is 12.3 Å². The van der Waals surface area contributed by atoms with E-state index in [0.29, 0.717) is 12.5 Å². The molecule has 0 saturated carbocycles. The molecular formula is C11H17NO2. The first-order valence-electron chi connectivity index (χ1n) is 4.73. The van der Waals surface area contributed by atoms with Gasteiger partial charge in [0.25, 0.3) is 0 Å². The summed E-state index contributed by atoms with van der Waals surface area (Å²) in [5.41, 5.74) is 4.40. The lowest BCUT2D eigenvalue weighted by Gasteiger charge is -2.16. The summed E-state index contributed by atoms with van der Waals surface area (Å²) in [5.74, 6) is 1.27. The van der Waals surface area contributed by atoms with Gasteiger partial charge in [-0.15, -0.1) is 0 Å². The summed E-state index contributed by atoms with van der Waals surface area (Å²) in [6, 6.07) is 5.86. The molecule has 0 fully saturated rings. The van der Waals surface area contributed by atoms with Crippen LogP contribution in [0.1, 0.15) is 30.9 Å². The number of methoxy groups -OCH3 is 1. The fourth-order valence-electron chi connectivity index (χ4n) is 1.66. The number of rotatable bonds is 4. The molecule has 3 heteroatoms. The van der Waals surface area contributed by atoms with E-state index in [1.165, 1.54) is 0 Å². The zero-order chi connectivity index (χ0) is 10.6. The zero-order valence-corrected chi connectivity index (χ0v) is 8.87. The van der Waals surface area contributed by atoms with Gasteiger partial charge >= 0.3 is 0 Å². The van der Waals surface area contributed by atoms with Crippen LogP contribution >= 0.6 is 0 Å². The lowest BCUT2D eigenvalue weighted by atomic mass is 9.96. The SMILES string of the molecule is COc1cccc(CNO)c1C(C)C. The van der Waals surface area contributed by atoms with Gasteiger partial charge in [-0.1, -0.05) is 26.0 Å². The van der Waals surface area contributed by atoms with Gasteiger partial charge in [0.05, 0.1) is 7.11 Å². The van der Waals surface area contributed by atoms with E-state index >= 15 is 0 Å². The molecule has 0 radical (unpaired) electrons. The average Bonchev–Trinajstić information content (AvgIpc) is 2.17. The van der Waals surface area contributed by atoms with Gasteiger partial charge in [-0.25, -0.2) is 5.48 Å². The summed E-state index contributed by atoms with van der Waals surface area (Å²) in [6.07, 6.45) is 0. The van der Waals surface area contributed by atoms with Crippen molar-refractivity contribution in [1.82, 2.24) is 5.48 Å². The molecule has 0 unspecified atom stereocenters. The van der Waals surface area contributed by atoms with E-state index in [4.69, 9.17) is 9.94 Å². The Morgan fingerprint density at radius 3 is 2.64 bits per heavy atom. The molecule has 0 amide bonds. The Labute approximate surface area is 84.7 Å². The number of hydrogen-bond acceptors (Lipinski definition) is 3. The average molecular weight is 195 g/mol. The molecule has 1 aromatic rings. The zero-order valence-electron chi connectivity index (χ0n) is 8.87. The molecule has 0 aromatic heterocycles. The van der Waals surface area contributed by atoms with Crippen molar-refractivity contribution in [3.8, 4) is 5.75 Å². The van der Waals surface area contributed by atoms with Gasteiger partial charge in [-0.3, -0.25) is 0 Å². The van der Waals surface area contributed by atoms with E-state index in [1.807, 2.05) is 18.2 Å². The van der Waals surface area contributed by atoms with Crippen LogP contribution in [0.2, 0.25) is 0 Å². The normalized spacial score (nSPS) is 10.6. The predicted octanol–water partition coefficient (Wildman–Crippen LogP) is 2.30. The van der Waals surface area contributed by atoms with Crippen LogP contribution < -0.4 is 10.2 Å². The van der Waals surface area contributed by atoms with Crippen LogP contribution in [0, 0.1) is 0 Å². The second kappa shape index (κ2) is 4.98. The number of hydroxylamine groups is 1. The minimum absolute atomic E-state index is 0.384. The van der Waals surface area contributed by atoms with Crippen molar-refractivity contribution < 1.29 is 9.94 Å². The lowest BCUT2D eigenvalue weighted by molar-refractivity contribution is 0.161. The summed E-state index contributed by atoms with van der Waals surface area (Å²) in [6.45, 7) is 4.67. The number of ether oxygens (including phenoxy) is 1. The molecule has 0 bridgehead atoms. The lowest BCUT2D eigenvalue weighted by Crippen LogP contribution is -2.10. The molecule has 2 N–H and O–H groups in total. The Morgan fingerprint density at radius 2 is 2.14 bits per heavy atom. The molecule has 0 aliphatic carbocycles. The highest BCUT2D eigenvalue weighted by molar-refractivity contribution is 5.42. The van der Waals surface area contributed by atoms with Crippen LogP contribution in [0.4, 0.5) is 0 Å². The van der Waals surface area contributed by atoms with Gasteiger partial charge in [-0.2, -0.15) is 0 Å². The minimum Gasteiger partial charge on any atom is -0.496 e. The third-order valence-electron chi connectivity index (χ3n) is 2.22. The molecule has 1 aromatic carbocycles. The Balaban J connectivity index is 3.14. The van der Waals surface area contributed by atoms with Crippen molar-refractivity contribution >= 4 is 0 Å². The Morgan fingerprint density at radius 1 is 1.43 bits per heavy atom. The summed E-state index contributed by atoms with van der Waals surface area (Å²) < 4.78 is 5.28. The van der Waals surface area contributed by atoms with E-state index in [9.17, 15) is 0 Å². The minimum atomic E-state index is 0.384. The topological polar surface area (TPSA) is 41.5 Å². The second-order valence-corrected chi connectivity index (χ2v) is 3.52. The van der Waals surface area contributed by atoms with Crippen LogP contribution in [0.5, 0.6) is 5.75 Å². The third kappa shape index (κ3) is 2.25. The molecule has 0 atom stereocenters. The van der Waals surface area contributed by atoms with Crippen LogP contribution in [0.3, 0.4) is 0 Å². The highest BCUT2D eigenvalue weighted by Crippen LogP contribution is 2.29. The van der Waals surface area contributed by atoms with Gasteiger partial charge in [0, 0.05) is 12.1 Å². The Bertz CT molecular complexity index is 297. The van der Waals surface area contributed by atoms with Gasteiger partial charge in [0.2, 0.25) is 0 Å². The smallest absolute Gasteiger partial charge is 0.122 e.